The summed E-state index contributed by atoms with van der Waals surface area (Å²) in [6.07, 6.45) is -0.842. The maximum Gasteiger partial charge on any atom is 0.408 e. The lowest BCUT2D eigenvalue weighted by molar-refractivity contribution is -0.124. The van der Waals surface area contributed by atoms with Gasteiger partial charge in [-0.2, -0.15) is 4.31 Å². The second-order valence-electron chi connectivity index (χ2n) is 9.50. The number of rotatable bonds is 8. The van der Waals surface area contributed by atoms with Crippen LogP contribution in [0.4, 0.5) is 4.79 Å². The first kappa shape index (κ1) is 28.6. The molecule has 0 spiro atoms. The summed E-state index contributed by atoms with van der Waals surface area (Å²) >= 11 is 12.0. The molecule has 1 fully saturated rings. The second-order valence-corrected chi connectivity index (χ2v) is 12.3. The van der Waals surface area contributed by atoms with E-state index in [4.69, 9.17) is 32.7 Å². The van der Waals surface area contributed by atoms with Crippen molar-refractivity contribution in [2.75, 3.05) is 26.2 Å². The normalized spacial score (nSPS) is 18.4. The molecule has 2 rings (SSSR count). The van der Waals surface area contributed by atoms with E-state index in [0.29, 0.717) is 11.4 Å². The first-order valence-corrected chi connectivity index (χ1v) is 13.2. The Balaban J connectivity index is 2.01. The average molecular weight is 538 g/mol. The van der Waals surface area contributed by atoms with E-state index in [-0.39, 0.29) is 42.1 Å². The highest BCUT2D eigenvalue weighted by atomic mass is 35.5. The lowest BCUT2D eigenvalue weighted by Crippen LogP contribution is -2.53. The smallest absolute Gasteiger partial charge is 0.408 e. The van der Waals surface area contributed by atoms with Gasteiger partial charge < -0.3 is 20.1 Å². The third kappa shape index (κ3) is 8.57. The van der Waals surface area contributed by atoms with Gasteiger partial charge in [-0.25, -0.2) is 13.2 Å². The molecule has 12 heteroatoms. The van der Waals surface area contributed by atoms with Crippen molar-refractivity contribution in [1.29, 1.82) is 0 Å². The van der Waals surface area contributed by atoms with Crippen molar-refractivity contribution >= 4 is 45.2 Å². The molecule has 2 amide bonds. The Morgan fingerprint density at radius 2 is 1.94 bits per heavy atom. The molecule has 1 aliphatic rings. The van der Waals surface area contributed by atoms with Crippen molar-refractivity contribution in [3.05, 3.63) is 28.2 Å². The largest absolute Gasteiger partial charge is 0.444 e. The third-order valence-corrected chi connectivity index (χ3v) is 7.41. The van der Waals surface area contributed by atoms with Gasteiger partial charge in [0.25, 0.3) is 0 Å². The molecule has 0 bridgehead atoms. The predicted octanol–water partition coefficient (Wildman–Crippen LogP) is 3.44. The molecule has 9 nitrogen and oxygen atoms in total. The molecule has 1 unspecified atom stereocenters. The zero-order valence-corrected chi connectivity index (χ0v) is 22.4. The quantitative estimate of drug-likeness (QED) is 0.524. The predicted molar refractivity (Wildman–Crippen MR) is 131 cm³/mol. The molecule has 0 radical (unpaired) electrons. The van der Waals surface area contributed by atoms with E-state index in [0.717, 1.165) is 0 Å². The van der Waals surface area contributed by atoms with Crippen LogP contribution >= 0.6 is 23.2 Å². The standard InChI is InChI=1S/C22H33Cl2N3O6S/c1-14(2)10-18(26-21(29)33-22(3,4)5)20(28)25-12-16-13-27(8-9-32-16)34(30,31)19-7-6-15(23)11-17(19)24/h6-7,11,14,16,18H,8-10,12-13H2,1-5H3,(H,25,28)(H,26,29)/t16?,18-/m0/s1. The zero-order valence-electron chi connectivity index (χ0n) is 20.1. The summed E-state index contributed by atoms with van der Waals surface area (Å²) in [6, 6.07) is 3.41. The van der Waals surface area contributed by atoms with E-state index in [1.165, 1.54) is 22.5 Å². The molecule has 0 saturated carbocycles. The van der Waals surface area contributed by atoms with Crippen molar-refractivity contribution < 1.29 is 27.5 Å². The minimum absolute atomic E-state index is 0.0357. The Labute approximate surface area is 211 Å². The summed E-state index contributed by atoms with van der Waals surface area (Å²) in [5.74, 6) is -0.259. The van der Waals surface area contributed by atoms with Crippen LogP contribution in [0.25, 0.3) is 0 Å². The molecule has 2 atom stereocenters. The highest BCUT2D eigenvalue weighted by Crippen LogP contribution is 2.28. The maximum atomic E-state index is 13.1. The van der Waals surface area contributed by atoms with Gasteiger partial charge in [0.1, 0.15) is 16.5 Å². The summed E-state index contributed by atoms with van der Waals surface area (Å²) < 4.78 is 38.3. The molecule has 2 N–H and O–H groups in total. The van der Waals surface area contributed by atoms with Crippen LogP contribution in [0.15, 0.2) is 23.1 Å². The lowest BCUT2D eigenvalue weighted by Gasteiger charge is -2.32. The molecule has 0 aliphatic carbocycles. The monoisotopic (exact) mass is 537 g/mol. The van der Waals surface area contributed by atoms with E-state index in [9.17, 15) is 18.0 Å². The molecule has 1 aromatic carbocycles. The molecular formula is C22H33Cl2N3O6S. The Hall–Kier alpha value is -1.59. The number of morpholine rings is 1. The number of hydrogen-bond acceptors (Lipinski definition) is 6. The highest BCUT2D eigenvalue weighted by molar-refractivity contribution is 7.89. The summed E-state index contributed by atoms with van der Waals surface area (Å²) in [5, 5.41) is 5.74. The average Bonchev–Trinajstić information content (AvgIpc) is 2.69. The van der Waals surface area contributed by atoms with Gasteiger partial charge in [-0.3, -0.25) is 4.79 Å². The second kappa shape index (κ2) is 11.9. The van der Waals surface area contributed by atoms with Crippen molar-refractivity contribution in [3.8, 4) is 0 Å². The van der Waals surface area contributed by atoms with Crippen molar-refractivity contribution in [3.63, 3.8) is 0 Å². The summed E-state index contributed by atoms with van der Waals surface area (Å²) in [7, 11) is -3.87. The fourth-order valence-corrected chi connectivity index (χ4v) is 5.55. The van der Waals surface area contributed by atoms with Crippen LogP contribution in [0.3, 0.4) is 0 Å². The Bertz CT molecular complexity index is 981. The number of alkyl carbamates (subject to hydrolysis) is 1. The van der Waals surface area contributed by atoms with Gasteiger partial charge >= 0.3 is 6.09 Å². The summed E-state index contributed by atoms with van der Waals surface area (Å²) in [5.41, 5.74) is -0.694. The molecular weight excluding hydrogens is 505 g/mol. The van der Waals surface area contributed by atoms with Crippen LogP contribution in [0.5, 0.6) is 0 Å². The minimum atomic E-state index is -3.87. The number of carbonyl (C=O) groups excluding carboxylic acids is 2. The number of amides is 2. The highest BCUT2D eigenvalue weighted by Gasteiger charge is 2.33. The first-order valence-electron chi connectivity index (χ1n) is 11.0. The van der Waals surface area contributed by atoms with E-state index >= 15 is 0 Å². The van der Waals surface area contributed by atoms with Crippen molar-refractivity contribution in [1.82, 2.24) is 14.9 Å². The molecule has 1 aliphatic heterocycles. The van der Waals surface area contributed by atoms with Crippen LogP contribution in [0, 0.1) is 5.92 Å². The SMILES string of the molecule is CC(C)C[C@H](NC(=O)OC(C)(C)C)C(=O)NCC1CN(S(=O)(=O)c2ccc(Cl)cc2Cl)CCO1. The van der Waals surface area contributed by atoms with E-state index in [2.05, 4.69) is 10.6 Å². The van der Waals surface area contributed by atoms with Gasteiger partial charge in [-0.15, -0.1) is 0 Å². The van der Waals surface area contributed by atoms with E-state index in [1.54, 1.807) is 20.8 Å². The fourth-order valence-electron chi connectivity index (χ4n) is 3.35. The maximum absolute atomic E-state index is 13.1. The molecule has 1 saturated heterocycles. The Morgan fingerprint density at radius 3 is 2.53 bits per heavy atom. The van der Waals surface area contributed by atoms with E-state index < -0.39 is 39.8 Å². The minimum Gasteiger partial charge on any atom is -0.444 e. The van der Waals surface area contributed by atoms with Crippen LogP contribution in [0.1, 0.15) is 41.0 Å². The van der Waals surface area contributed by atoms with Crippen molar-refractivity contribution in [2.45, 2.75) is 63.7 Å². The van der Waals surface area contributed by atoms with E-state index in [1.807, 2.05) is 13.8 Å². The molecule has 192 valence electrons. The number of nitrogens with zero attached hydrogens (tertiary/aromatic N) is 1. The van der Waals surface area contributed by atoms with Gasteiger partial charge in [-0.1, -0.05) is 37.0 Å². The number of carbonyl (C=O) groups is 2. The summed E-state index contributed by atoms with van der Waals surface area (Å²) in [6.45, 7) is 9.51. The van der Waals surface area contributed by atoms with Crippen LogP contribution < -0.4 is 10.6 Å². The topological polar surface area (TPSA) is 114 Å². The number of benzene rings is 1. The molecule has 0 aromatic heterocycles. The van der Waals surface area contributed by atoms with Gasteiger partial charge in [0.15, 0.2) is 0 Å². The first-order chi connectivity index (χ1) is 15.7. The molecule has 1 aromatic rings. The number of nitrogens with one attached hydrogen (secondary N) is 2. The Morgan fingerprint density at radius 1 is 1.26 bits per heavy atom. The number of sulfonamides is 1. The Kier molecular flexibility index (Phi) is 10.0. The van der Waals surface area contributed by atoms with Gasteiger partial charge in [0, 0.05) is 24.7 Å². The lowest BCUT2D eigenvalue weighted by atomic mass is 10.0. The van der Waals surface area contributed by atoms with Crippen LogP contribution in [-0.4, -0.2) is 68.7 Å². The number of halogens is 2. The van der Waals surface area contributed by atoms with Crippen molar-refractivity contribution in [2.24, 2.45) is 5.92 Å². The molecule has 34 heavy (non-hydrogen) atoms. The van der Waals surface area contributed by atoms with Gasteiger partial charge in [0.05, 0.1) is 17.7 Å². The fraction of sp³-hybridized carbons (Fsp3) is 0.636. The van der Waals surface area contributed by atoms with Crippen LogP contribution in [-0.2, 0) is 24.3 Å². The third-order valence-electron chi connectivity index (χ3n) is 4.83. The summed E-state index contributed by atoms with van der Waals surface area (Å²) in [4.78, 5) is 24.9. The zero-order chi connectivity index (χ0) is 25.7. The van der Waals surface area contributed by atoms with Gasteiger partial charge in [-0.05, 0) is 51.3 Å². The van der Waals surface area contributed by atoms with Crippen LogP contribution in [0.2, 0.25) is 10.0 Å². The number of hydrogen-bond donors (Lipinski definition) is 2. The number of ether oxygens (including phenoxy) is 2. The van der Waals surface area contributed by atoms with Gasteiger partial charge in [0.2, 0.25) is 15.9 Å². The molecule has 1 heterocycles.